The quantitative estimate of drug-likeness (QED) is 0.0249. The lowest BCUT2D eigenvalue weighted by atomic mass is 9.95. The van der Waals surface area contributed by atoms with Crippen LogP contribution in [-0.4, -0.2) is 180 Å². The molecule has 0 fully saturated rings. The molecule has 0 bridgehead atoms. The number of pyridine rings is 5. The topological polar surface area (TPSA) is 423 Å². The Morgan fingerprint density at radius 2 is 1.10 bits per heavy atom. The Bertz CT molecular complexity index is 6140. The number of methoxy groups -OCH3 is 4. The van der Waals surface area contributed by atoms with E-state index in [-0.39, 0.29) is 40.8 Å². The van der Waals surface area contributed by atoms with Crippen LogP contribution in [0.2, 0.25) is 10.0 Å². The Kier molecular flexibility index (Phi) is 38.8. The van der Waals surface area contributed by atoms with E-state index in [1.165, 1.54) is 30.9 Å². The van der Waals surface area contributed by atoms with Gasteiger partial charge < -0.3 is 87.1 Å². The number of imidazole rings is 6. The number of anilines is 2. The van der Waals surface area contributed by atoms with Gasteiger partial charge in [0.25, 0.3) is 14.7 Å². The van der Waals surface area contributed by atoms with Crippen molar-refractivity contribution in [1.82, 2.24) is 82.1 Å². The number of fused-ring (bicyclic) bond motifs is 7. The summed E-state index contributed by atoms with van der Waals surface area (Å²) in [6.07, 6.45) is 39.9. The highest BCUT2D eigenvalue weighted by Crippen LogP contribution is 2.45. The molecule has 17 heterocycles. The number of oxazole rings is 1. The van der Waals surface area contributed by atoms with E-state index in [4.69, 9.17) is 61.6 Å². The fourth-order valence-electron chi connectivity index (χ4n) is 13.2. The number of nitrogens with zero attached hydrogens (tertiary/aromatic N) is 18. The van der Waals surface area contributed by atoms with Gasteiger partial charge in [-0.3, -0.25) is 8.98 Å². The van der Waals surface area contributed by atoms with Gasteiger partial charge in [0, 0.05) is 195 Å². The van der Waals surface area contributed by atoms with Crippen LogP contribution in [0.4, 0.5) is 17.3 Å². The molecule has 0 spiro atoms. The number of nitrogens with two attached hydrogens (primary N) is 1. The molecule has 12 aromatic heterocycles. The molecule has 5 aliphatic heterocycles. The molecule has 34 nitrogen and oxygen atoms in total. The average molecular weight is 2100 g/mol. The van der Waals surface area contributed by atoms with E-state index in [2.05, 4.69) is 149 Å². The van der Waals surface area contributed by atoms with E-state index in [1.54, 1.807) is 112 Å². The third-order valence-corrected chi connectivity index (χ3v) is 26.2. The van der Waals surface area contributed by atoms with Gasteiger partial charge in [0.05, 0.1) is 90.7 Å². The summed E-state index contributed by atoms with van der Waals surface area (Å²) in [5.74, 6) is 8.82. The summed E-state index contributed by atoms with van der Waals surface area (Å²) in [7, 11) is 3.16. The fourth-order valence-corrected chi connectivity index (χ4v) is 18.0. The van der Waals surface area contributed by atoms with Gasteiger partial charge in [0.1, 0.15) is 66.8 Å². The lowest BCUT2D eigenvalue weighted by molar-refractivity contribution is -0.389. The maximum absolute atomic E-state index is 12.2. The minimum absolute atomic E-state index is 0.0338. The first kappa shape index (κ1) is 104. The van der Waals surface area contributed by atoms with Crippen LogP contribution in [0.3, 0.4) is 0 Å². The van der Waals surface area contributed by atoms with Crippen molar-refractivity contribution < 1.29 is 61.0 Å². The zero-order valence-corrected chi connectivity index (χ0v) is 83.6. The number of aromatic nitrogens is 17. The van der Waals surface area contributed by atoms with E-state index in [1.807, 2.05) is 139 Å². The van der Waals surface area contributed by atoms with Gasteiger partial charge in [-0.1, -0.05) is 70.8 Å². The maximum atomic E-state index is 12.2. The van der Waals surface area contributed by atoms with Crippen LogP contribution in [0.15, 0.2) is 212 Å². The number of benzene rings is 2. The highest BCUT2D eigenvalue weighted by atomic mass is 79.9. The number of thioether (sulfide) groups is 2. The lowest BCUT2D eigenvalue weighted by Crippen LogP contribution is -2.28. The van der Waals surface area contributed by atoms with Crippen molar-refractivity contribution in [1.29, 1.82) is 0 Å². The summed E-state index contributed by atoms with van der Waals surface area (Å²) in [6, 6.07) is 24.4. The summed E-state index contributed by atoms with van der Waals surface area (Å²) in [5.41, 5.74) is 8.82. The van der Waals surface area contributed by atoms with E-state index < -0.39 is 20.5 Å². The van der Waals surface area contributed by atoms with Crippen molar-refractivity contribution in [2.45, 2.75) is 189 Å². The first-order valence-corrected chi connectivity index (χ1v) is 48.5. The molecule has 19 rings (SSSR count). The average Bonchev–Trinajstić information content (AvgIpc) is 1.64. The summed E-state index contributed by atoms with van der Waals surface area (Å²) < 4.78 is 66.9. The molecule has 5 atom stereocenters. The summed E-state index contributed by atoms with van der Waals surface area (Å²) in [5, 5.41) is 43.7. The summed E-state index contributed by atoms with van der Waals surface area (Å²) >= 11 is 25.4. The van der Waals surface area contributed by atoms with Crippen LogP contribution < -0.4 is 25.3 Å². The molecule has 0 saturated carbocycles. The number of phenols is 1. The monoisotopic (exact) mass is 2090 g/mol. The zero-order chi connectivity index (χ0) is 95.4. The second kappa shape index (κ2) is 49.5. The van der Waals surface area contributed by atoms with Gasteiger partial charge in [-0.25, -0.2) is 49.8 Å². The number of carbonyl (C=O) groups is 1. The lowest BCUT2D eigenvalue weighted by Gasteiger charge is -2.24. The van der Waals surface area contributed by atoms with Crippen LogP contribution >= 0.6 is 94.5 Å². The Morgan fingerprint density at radius 1 is 0.583 bits per heavy atom. The number of aliphatic hydroxyl groups is 1. The molecule has 6 N–H and O–H groups in total. The van der Waals surface area contributed by atoms with Gasteiger partial charge in [-0.05, 0) is 159 Å². The van der Waals surface area contributed by atoms with E-state index in [0.717, 1.165) is 162 Å². The molecule has 1 amide bonds. The number of nitrogen functional groups attached to an aromatic ring is 1. The molecule has 704 valence electrons. The standard InChI is InChI=1S/C18H22ClN3O2S.C18H20ClN3OS.C8H12N2O3S.C8H12N2O.C8H8N2O.C7H10N2O.C6H5BrN2O3.C6H6BrNO.C6H8N2.C5H4BrNO/c1-18(2,3)17(24)21-13-6-5-12(19)16(15(13)23)25-11-4-7-14-20-8-9-22(14)10-11;1-18(2,3)17-21-13-6-5-12(19)16(15(13)23-17)24-11-4-7-14-20-8-9-22(14)10-11;1-14(11,12)13-7-2-3-8-9-4-5-10(8)6-7;2*1-11-7-2-3-8-9-4-5-10(8)6-7;10-6-1-2-7-8-3-4-9(7)5-6;1-12-4-2-3-5(9(10)11)8-6(4)7;1-9-5-3-2-4-8-6(5)7;1-5-2-3-6(7)8-4-5;6-5-4(8)2-1-3-7-5/h5-6,8-9,11,23H,4,7,10H2,1-3H3,(H,21,24);5-6,8-9,11H,4,7,10H2,1-3H3;4-5,7H,2-3,6H2,1H3;4-5,7H,2-3,6H2,1H3;2-6H,1H3;3-4,6,10H,1-2,5H2;2-3H,1H3;2-4H,1H3;2-4H,1H3,(H2,7,8);1-3,8H. The molecule has 0 aliphatic carbocycles. The number of halogens is 5. The number of rotatable bonds is 12. The second-order valence-corrected chi connectivity index (χ2v) is 39.6. The van der Waals surface area contributed by atoms with E-state index >= 15 is 0 Å². The SMILES string of the molecule is CC(C)(C)C(=O)Nc1ccc(Cl)c(SC2CCc3nccn3C2)c1O.CC(C)(C)c1nc2ccc(Cl)c(SC3CCc4nccn4C3)c2o1.COC1CCc2nccn2C1.COc1ccc([N+](=O)[O-])nc1Br.COc1ccc2nccn2c1.COc1cccnc1Br.CS(=O)(=O)OC1CCc2nccn2C1.Cc1ccc(N)nc1.OC1CCc2nccn2C1.Oc1cccnc1Br. The molecule has 14 aromatic rings. The number of phenolic OH excluding ortho intramolecular Hbond substituents is 1. The molecule has 42 heteroatoms. The molecule has 5 aliphatic rings. The van der Waals surface area contributed by atoms with E-state index in [0.29, 0.717) is 65.9 Å². The Balaban J connectivity index is 0.000000156. The van der Waals surface area contributed by atoms with E-state index in [9.17, 15) is 33.5 Å². The van der Waals surface area contributed by atoms with Crippen LogP contribution in [0, 0.1) is 22.5 Å². The molecule has 0 saturated heterocycles. The molecule has 5 unspecified atom stereocenters. The summed E-state index contributed by atoms with van der Waals surface area (Å²) in [6.45, 7) is 17.8. The Morgan fingerprint density at radius 3 is 1.59 bits per heavy atom. The molecule has 0 radical (unpaired) electrons. The molecular weight excluding hydrogens is 1990 g/mol. The smallest absolute Gasteiger partial charge is 0.364 e. The van der Waals surface area contributed by atoms with Gasteiger partial charge in [-0.2, -0.15) is 8.42 Å². The largest absolute Gasteiger partial charge is 0.505 e. The highest BCUT2D eigenvalue weighted by Gasteiger charge is 2.30. The number of aryl methyl sites for hydroxylation is 6. The number of aliphatic hydroxyl groups excluding tert-OH is 1. The van der Waals surface area contributed by atoms with Gasteiger partial charge >= 0.3 is 5.82 Å². The normalized spacial score (nSPS) is 16.1. The van der Waals surface area contributed by atoms with Crippen LogP contribution in [0.1, 0.15) is 114 Å². The minimum atomic E-state index is -3.34. The van der Waals surface area contributed by atoms with Crippen molar-refractivity contribution >= 4 is 145 Å². The third-order valence-electron chi connectivity index (χ3n) is 20.2. The number of carbonyl (C=O) groups excluding carboxylic acids is 1. The highest BCUT2D eigenvalue weighted by molar-refractivity contribution is 9.11. The van der Waals surface area contributed by atoms with Crippen LogP contribution in [0.25, 0.3) is 16.7 Å². The number of aromatic hydroxyl groups is 2. The van der Waals surface area contributed by atoms with Crippen molar-refractivity contribution in [3.05, 3.63) is 259 Å². The van der Waals surface area contributed by atoms with Gasteiger partial charge in [-0.15, -0.1) is 23.5 Å². The van der Waals surface area contributed by atoms with Crippen molar-refractivity contribution in [2.75, 3.05) is 45.7 Å². The predicted molar refractivity (Wildman–Crippen MR) is 520 cm³/mol. The van der Waals surface area contributed by atoms with Crippen molar-refractivity contribution in [3.8, 4) is 28.7 Å². The van der Waals surface area contributed by atoms with Crippen molar-refractivity contribution in [3.63, 3.8) is 0 Å². The number of ether oxygens (including phenoxy) is 4. The van der Waals surface area contributed by atoms with Crippen LogP contribution in [0.5, 0.6) is 28.7 Å². The number of hydrogen-bond donors (Lipinski definition) is 5. The molecule has 132 heavy (non-hydrogen) atoms. The van der Waals surface area contributed by atoms with Crippen molar-refractivity contribution in [2.24, 2.45) is 5.41 Å². The Hall–Kier alpha value is -10.5. The number of nitrogens with one attached hydrogen (secondary N) is 1. The van der Waals surface area contributed by atoms with Gasteiger partial charge in [0.2, 0.25) is 11.8 Å². The molecule has 2 aromatic carbocycles. The minimum Gasteiger partial charge on any atom is -0.505 e. The molecular formula is C90H107Br3Cl2N20O14S3. The third kappa shape index (κ3) is 31.3. The van der Waals surface area contributed by atoms with Gasteiger partial charge in [0.15, 0.2) is 22.8 Å². The zero-order valence-electron chi connectivity index (χ0n) is 74.9. The first-order valence-electron chi connectivity index (χ1n) is 41.7. The number of hydrogen-bond acceptors (Lipinski definition) is 28. The number of amides is 1. The predicted octanol–water partition coefficient (Wildman–Crippen LogP) is 18.1. The van der Waals surface area contributed by atoms with Crippen LogP contribution in [-0.2, 0) is 94.1 Å². The number of nitro groups is 1. The summed E-state index contributed by atoms with van der Waals surface area (Å²) in [4.78, 5) is 68.7. The fraction of sp³-hybridized carbons (Fsp3) is 0.378. The second-order valence-electron chi connectivity index (χ2n) is 32.3. The maximum Gasteiger partial charge on any atom is 0.364 e. The first-order chi connectivity index (χ1) is 63.0. The Labute approximate surface area is 809 Å².